The van der Waals surface area contributed by atoms with Crippen molar-refractivity contribution in [3.8, 4) is 0 Å². The summed E-state index contributed by atoms with van der Waals surface area (Å²) in [5.74, 6) is 0.237. The Morgan fingerprint density at radius 1 is 1.14 bits per heavy atom. The smallest absolute Gasteiger partial charge is 0.356 e. The van der Waals surface area contributed by atoms with Crippen molar-refractivity contribution < 1.29 is 18.0 Å². The minimum Gasteiger partial charge on any atom is -0.356 e. The number of halogens is 3. The predicted octanol–water partition coefficient (Wildman–Crippen LogP) is 6.66. The Morgan fingerprint density at radius 3 is 2.47 bits per heavy atom. The van der Waals surface area contributed by atoms with Crippen molar-refractivity contribution in [2.75, 3.05) is 18.0 Å². The molecule has 1 atom stereocenters. The van der Waals surface area contributed by atoms with Gasteiger partial charge in [-0.05, 0) is 49.4 Å². The number of amides is 1. The van der Waals surface area contributed by atoms with Gasteiger partial charge in [-0.1, -0.05) is 39.8 Å². The first kappa shape index (κ1) is 26.4. The fraction of sp³-hybridized carbons (Fsp3) is 0.519. The molecule has 1 saturated heterocycles. The molecule has 0 spiro atoms. The van der Waals surface area contributed by atoms with E-state index in [1.165, 1.54) is 6.07 Å². The summed E-state index contributed by atoms with van der Waals surface area (Å²) in [7, 11) is 0. The molecule has 3 heterocycles. The van der Waals surface area contributed by atoms with Crippen molar-refractivity contribution in [1.29, 1.82) is 0 Å². The molecule has 0 radical (unpaired) electrons. The third-order valence-corrected chi connectivity index (χ3v) is 8.17. The molecule has 1 N–H and O–H groups in total. The van der Waals surface area contributed by atoms with Crippen LogP contribution in [-0.2, 0) is 22.9 Å². The number of carbonyl (C=O) groups is 1. The zero-order valence-electron chi connectivity index (χ0n) is 21.4. The number of rotatable bonds is 5. The fourth-order valence-electron chi connectivity index (χ4n) is 4.29. The van der Waals surface area contributed by atoms with E-state index < -0.39 is 17.8 Å². The van der Waals surface area contributed by atoms with Crippen molar-refractivity contribution in [2.24, 2.45) is 5.92 Å². The van der Waals surface area contributed by atoms with Gasteiger partial charge in [0.15, 0.2) is 0 Å². The average molecular weight is 519 g/mol. The molecule has 1 aliphatic heterocycles. The molecule has 1 fully saturated rings. The van der Waals surface area contributed by atoms with E-state index in [1.807, 2.05) is 30.0 Å². The largest absolute Gasteiger partial charge is 0.433 e. The maximum atomic E-state index is 13.4. The fourth-order valence-corrected chi connectivity index (χ4v) is 5.36. The first-order chi connectivity index (χ1) is 16.8. The second kappa shape index (κ2) is 10.00. The number of benzene rings is 1. The van der Waals surface area contributed by atoms with Crippen LogP contribution >= 0.6 is 11.3 Å². The standard InChI is InChI=1S/C27H33F3N4OS/c1-16-10-12-34(13-11-16)23-19(7-9-22(33-23)27(28,29)30)15-31-24(35)17(2)18-6-8-20-21(14-18)36-25(32-20)26(3,4)5/h6-9,14,16-17H,10-13,15H2,1-5H3,(H,31,35). The molecule has 1 aliphatic rings. The summed E-state index contributed by atoms with van der Waals surface area (Å²) in [6.07, 6.45) is -2.72. The SMILES string of the molecule is CC1CCN(c2nc(C(F)(F)F)ccc2CNC(=O)C(C)c2ccc3nc(C(C)(C)C)sc3c2)CC1. The molecule has 0 aliphatic carbocycles. The molecule has 36 heavy (non-hydrogen) atoms. The molecule has 9 heteroatoms. The monoisotopic (exact) mass is 518 g/mol. The highest BCUT2D eigenvalue weighted by Gasteiger charge is 2.34. The van der Waals surface area contributed by atoms with E-state index in [0.29, 0.717) is 30.4 Å². The van der Waals surface area contributed by atoms with Crippen LogP contribution < -0.4 is 10.2 Å². The normalized spacial score (nSPS) is 16.4. The third-order valence-electron chi connectivity index (χ3n) is 6.73. The van der Waals surface area contributed by atoms with Gasteiger partial charge in [0, 0.05) is 30.6 Å². The summed E-state index contributed by atoms with van der Waals surface area (Å²) < 4.78 is 41.1. The van der Waals surface area contributed by atoms with Crippen LogP contribution in [0.25, 0.3) is 10.2 Å². The van der Waals surface area contributed by atoms with Crippen molar-refractivity contribution in [2.45, 2.75) is 71.5 Å². The lowest BCUT2D eigenvalue weighted by molar-refractivity contribution is -0.141. The first-order valence-corrected chi connectivity index (χ1v) is 13.2. The summed E-state index contributed by atoms with van der Waals surface area (Å²) in [6.45, 7) is 11.8. The summed E-state index contributed by atoms with van der Waals surface area (Å²) >= 11 is 1.63. The van der Waals surface area contributed by atoms with Crippen molar-refractivity contribution >= 4 is 33.3 Å². The van der Waals surface area contributed by atoms with Crippen LogP contribution in [0.1, 0.15) is 75.2 Å². The van der Waals surface area contributed by atoms with Crippen molar-refractivity contribution in [1.82, 2.24) is 15.3 Å². The molecule has 5 nitrogen and oxygen atoms in total. The van der Waals surface area contributed by atoms with E-state index >= 15 is 0 Å². The van der Waals surface area contributed by atoms with Gasteiger partial charge in [-0.3, -0.25) is 4.79 Å². The number of nitrogens with one attached hydrogen (secondary N) is 1. The Morgan fingerprint density at radius 2 is 1.83 bits per heavy atom. The Bertz CT molecular complexity index is 1240. The highest BCUT2D eigenvalue weighted by atomic mass is 32.1. The quantitative estimate of drug-likeness (QED) is 0.410. The van der Waals surface area contributed by atoms with Crippen LogP contribution in [0.15, 0.2) is 30.3 Å². The maximum absolute atomic E-state index is 13.4. The lowest BCUT2D eigenvalue weighted by Crippen LogP contribution is -2.35. The minimum absolute atomic E-state index is 0.0490. The second-order valence-corrected chi connectivity index (χ2v) is 11.8. The van der Waals surface area contributed by atoms with E-state index in [2.05, 4.69) is 38.0 Å². The van der Waals surface area contributed by atoms with E-state index in [-0.39, 0.29) is 17.9 Å². The molecule has 0 saturated carbocycles. The van der Waals surface area contributed by atoms with Gasteiger partial charge in [-0.2, -0.15) is 13.2 Å². The van der Waals surface area contributed by atoms with Crippen molar-refractivity contribution in [3.63, 3.8) is 0 Å². The molecule has 4 rings (SSSR count). The average Bonchev–Trinajstić information content (AvgIpc) is 3.26. The van der Waals surface area contributed by atoms with E-state index in [9.17, 15) is 18.0 Å². The molecule has 3 aromatic rings. The second-order valence-electron chi connectivity index (χ2n) is 10.8. The number of hydrogen-bond donors (Lipinski definition) is 1. The number of hydrogen-bond acceptors (Lipinski definition) is 5. The number of fused-ring (bicyclic) bond motifs is 1. The molecule has 1 unspecified atom stereocenters. The molecule has 194 valence electrons. The first-order valence-electron chi connectivity index (χ1n) is 12.3. The number of nitrogens with zero attached hydrogens (tertiary/aromatic N) is 3. The van der Waals surface area contributed by atoms with Crippen LogP contribution in [0.2, 0.25) is 0 Å². The molecule has 1 amide bonds. The van der Waals surface area contributed by atoms with Crippen molar-refractivity contribution in [3.05, 3.63) is 52.2 Å². The van der Waals surface area contributed by atoms with Gasteiger partial charge in [0.25, 0.3) is 0 Å². The van der Waals surface area contributed by atoms with Crippen LogP contribution in [0.4, 0.5) is 19.0 Å². The van der Waals surface area contributed by atoms with Crippen LogP contribution in [-0.4, -0.2) is 29.0 Å². The third kappa shape index (κ3) is 5.82. The molecule has 0 bridgehead atoms. The van der Waals surface area contributed by atoms with Crippen LogP contribution in [0.3, 0.4) is 0 Å². The number of anilines is 1. The number of alkyl halides is 3. The predicted molar refractivity (Wildman–Crippen MR) is 138 cm³/mol. The number of piperidine rings is 1. The van der Waals surface area contributed by atoms with E-state index in [4.69, 9.17) is 4.98 Å². The Hall–Kier alpha value is -2.68. The molecular weight excluding hydrogens is 485 g/mol. The van der Waals surface area contributed by atoms with Gasteiger partial charge in [-0.25, -0.2) is 9.97 Å². The van der Waals surface area contributed by atoms with Gasteiger partial charge in [-0.15, -0.1) is 11.3 Å². The lowest BCUT2D eigenvalue weighted by Gasteiger charge is -2.33. The maximum Gasteiger partial charge on any atom is 0.433 e. The van der Waals surface area contributed by atoms with Gasteiger partial charge in [0.2, 0.25) is 5.91 Å². The Kier molecular flexibility index (Phi) is 7.33. The zero-order valence-corrected chi connectivity index (χ0v) is 22.2. The Labute approximate surface area is 214 Å². The molecular formula is C27H33F3N4OS. The highest BCUT2D eigenvalue weighted by molar-refractivity contribution is 7.18. The van der Waals surface area contributed by atoms with Gasteiger partial charge in [0.05, 0.1) is 21.1 Å². The van der Waals surface area contributed by atoms with Crippen LogP contribution in [0.5, 0.6) is 0 Å². The zero-order chi connectivity index (χ0) is 26.3. The van der Waals surface area contributed by atoms with Gasteiger partial charge >= 0.3 is 6.18 Å². The van der Waals surface area contributed by atoms with E-state index in [1.54, 1.807) is 11.3 Å². The summed E-state index contributed by atoms with van der Waals surface area (Å²) in [5, 5.41) is 3.96. The van der Waals surface area contributed by atoms with Gasteiger partial charge in [0.1, 0.15) is 11.5 Å². The number of aromatic nitrogens is 2. The lowest BCUT2D eigenvalue weighted by atomic mass is 9.98. The number of carbonyl (C=O) groups excluding carboxylic acids is 1. The summed E-state index contributed by atoms with van der Waals surface area (Å²) in [6, 6.07) is 8.29. The van der Waals surface area contributed by atoms with Gasteiger partial charge < -0.3 is 10.2 Å². The molecule has 1 aromatic carbocycles. The summed E-state index contributed by atoms with van der Waals surface area (Å²) in [4.78, 5) is 23.6. The number of thiazole rings is 1. The highest BCUT2D eigenvalue weighted by Crippen LogP contribution is 2.34. The number of pyridine rings is 1. The Balaban J connectivity index is 1.51. The summed E-state index contributed by atoms with van der Waals surface area (Å²) in [5.41, 5.74) is 1.42. The molecule has 2 aromatic heterocycles. The topological polar surface area (TPSA) is 58.1 Å². The van der Waals surface area contributed by atoms with E-state index in [0.717, 1.165) is 39.7 Å². The van der Waals surface area contributed by atoms with Crippen LogP contribution in [0, 0.1) is 5.92 Å². The minimum atomic E-state index is -4.52.